The molecule has 0 spiro atoms. The van der Waals surface area contributed by atoms with Crippen molar-refractivity contribution in [3.63, 3.8) is 0 Å². The van der Waals surface area contributed by atoms with Gasteiger partial charge in [0, 0.05) is 42.6 Å². The number of benzene rings is 1. The lowest BCUT2D eigenvalue weighted by Gasteiger charge is -2.22. The van der Waals surface area contributed by atoms with Gasteiger partial charge in [-0.15, -0.1) is 0 Å². The van der Waals surface area contributed by atoms with Gasteiger partial charge >= 0.3 is 0 Å². The zero-order valence-corrected chi connectivity index (χ0v) is 16.0. The largest absolute Gasteiger partial charge is 0.362 e. The molecular formula is C20H24ClN3O2. The van der Waals surface area contributed by atoms with E-state index in [0.29, 0.717) is 37.6 Å². The summed E-state index contributed by atoms with van der Waals surface area (Å²) in [5, 5.41) is 0.639. The Bertz CT molecular complexity index is 815. The minimum atomic E-state index is 0.0380. The van der Waals surface area contributed by atoms with E-state index in [4.69, 9.17) is 11.6 Å². The van der Waals surface area contributed by atoms with Crippen LogP contribution in [0.2, 0.25) is 5.02 Å². The second-order valence-corrected chi connectivity index (χ2v) is 7.26. The van der Waals surface area contributed by atoms with Gasteiger partial charge in [-0.25, -0.2) is 0 Å². The monoisotopic (exact) mass is 373 g/mol. The van der Waals surface area contributed by atoms with Crippen molar-refractivity contribution >= 4 is 23.4 Å². The zero-order valence-electron chi connectivity index (χ0n) is 15.2. The van der Waals surface area contributed by atoms with Gasteiger partial charge in [-0.1, -0.05) is 23.7 Å². The molecule has 138 valence electrons. The smallest absolute Gasteiger partial charge is 0.255 e. The minimum absolute atomic E-state index is 0.0380. The Hall–Kier alpha value is -2.27. The normalized spacial score (nSPS) is 15.0. The van der Waals surface area contributed by atoms with Gasteiger partial charge in [0.2, 0.25) is 5.91 Å². The molecule has 6 heteroatoms. The molecule has 1 aromatic heterocycles. The van der Waals surface area contributed by atoms with E-state index in [-0.39, 0.29) is 11.8 Å². The van der Waals surface area contributed by atoms with Crippen molar-refractivity contribution in [3.8, 4) is 0 Å². The van der Waals surface area contributed by atoms with E-state index in [1.54, 1.807) is 6.07 Å². The summed E-state index contributed by atoms with van der Waals surface area (Å²) in [4.78, 5) is 32.3. The Morgan fingerprint density at radius 2 is 1.81 bits per heavy atom. The van der Waals surface area contributed by atoms with Crippen LogP contribution in [0, 0.1) is 13.8 Å². The van der Waals surface area contributed by atoms with Gasteiger partial charge in [0.05, 0.1) is 12.0 Å². The lowest BCUT2D eigenvalue weighted by atomic mass is 10.1. The molecule has 2 heterocycles. The summed E-state index contributed by atoms with van der Waals surface area (Å²) in [6.07, 6.45) is 1.13. The Labute approximate surface area is 158 Å². The van der Waals surface area contributed by atoms with Crippen molar-refractivity contribution < 1.29 is 9.59 Å². The summed E-state index contributed by atoms with van der Waals surface area (Å²) in [7, 11) is 0. The predicted octanol–water partition coefficient (Wildman–Crippen LogP) is 3.20. The van der Waals surface area contributed by atoms with Gasteiger partial charge in [-0.05, 0) is 44.0 Å². The first-order valence-electron chi connectivity index (χ1n) is 8.92. The highest BCUT2D eigenvalue weighted by molar-refractivity contribution is 6.30. The molecule has 1 aliphatic rings. The highest BCUT2D eigenvalue weighted by Gasteiger charge is 2.24. The van der Waals surface area contributed by atoms with Crippen LogP contribution in [-0.2, 0) is 11.2 Å². The molecule has 26 heavy (non-hydrogen) atoms. The van der Waals surface area contributed by atoms with Gasteiger partial charge in [0.15, 0.2) is 0 Å². The number of nitrogens with zero attached hydrogens (tertiary/aromatic N) is 2. The van der Waals surface area contributed by atoms with Crippen LogP contribution < -0.4 is 0 Å². The van der Waals surface area contributed by atoms with E-state index in [0.717, 1.165) is 28.9 Å². The molecule has 0 atom stereocenters. The second kappa shape index (κ2) is 7.96. The third-order valence-corrected chi connectivity index (χ3v) is 5.00. The van der Waals surface area contributed by atoms with Gasteiger partial charge in [-0.3, -0.25) is 9.59 Å². The number of carbonyl (C=O) groups excluding carboxylic acids is 2. The summed E-state index contributed by atoms with van der Waals surface area (Å²) in [5.41, 5.74) is 3.52. The molecule has 0 radical (unpaired) electrons. The summed E-state index contributed by atoms with van der Waals surface area (Å²) in [6, 6.07) is 9.29. The summed E-state index contributed by atoms with van der Waals surface area (Å²) < 4.78 is 0. The maximum atomic E-state index is 12.8. The van der Waals surface area contributed by atoms with Gasteiger partial charge in [-0.2, -0.15) is 0 Å². The first kappa shape index (κ1) is 18.5. The maximum Gasteiger partial charge on any atom is 0.255 e. The molecule has 1 fully saturated rings. The van der Waals surface area contributed by atoms with Crippen molar-refractivity contribution in [2.45, 2.75) is 26.7 Å². The van der Waals surface area contributed by atoms with E-state index >= 15 is 0 Å². The number of carbonyl (C=O) groups is 2. The maximum absolute atomic E-state index is 12.8. The minimum Gasteiger partial charge on any atom is -0.362 e. The van der Waals surface area contributed by atoms with Crippen LogP contribution in [0.1, 0.15) is 33.7 Å². The molecule has 0 aliphatic carbocycles. The fourth-order valence-electron chi connectivity index (χ4n) is 3.42. The van der Waals surface area contributed by atoms with Gasteiger partial charge < -0.3 is 14.8 Å². The molecule has 3 rings (SSSR count). The zero-order chi connectivity index (χ0) is 18.7. The Morgan fingerprint density at radius 3 is 2.50 bits per heavy atom. The van der Waals surface area contributed by atoms with Crippen LogP contribution in [0.25, 0.3) is 0 Å². The van der Waals surface area contributed by atoms with Crippen LogP contribution >= 0.6 is 11.6 Å². The van der Waals surface area contributed by atoms with Crippen molar-refractivity contribution in [2.24, 2.45) is 0 Å². The number of rotatable bonds is 3. The number of aromatic amines is 1. The van der Waals surface area contributed by atoms with Crippen molar-refractivity contribution in [2.75, 3.05) is 26.2 Å². The van der Waals surface area contributed by atoms with E-state index in [1.165, 1.54) is 0 Å². The van der Waals surface area contributed by atoms with Crippen LogP contribution in [0.5, 0.6) is 0 Å². The van der Waals surface area contributed by atoms with Crippen LogP contribution in [0.3, 0.4) is 0 Å². The highest BCUT2D eigenvalue weighted by Crippen LogP contribution is 2.16. The number of halogens is 1. The molecule has 1 N–H and O–H groups in total. The Kier molecular flexibility index (Phi) is 5.67. The average Bonchev–Trinajstić information content (AvgIpc) is 2.80. The predicted molar refractivity (Wildman–Crippen MR) is 103 cm³/mol. The number of hydrogen-bond donors (Lipinski definition) is 1. The number of amides is 2. The fraction of sp³-hybridized carbons (Fsp3) is 0.400. The molecular weight excluding hydrogens is 350 g/mol. The molecule has 0 saturated carbocycles. The van der Waals surface area contributed by atoms with Crippen molar-refractivity contribution in [3.05, 3.63) is 57.9 Å². The number of nitrogens with one attached hydrogen (secondary N) is 1. The lowest BCUT2D eigenvalue weighted by Crippen LogP contribution is -2.38. The molecule has 1 saturated heterocycles. The number of hydrogen-bond acceptors (Lipinski definition) is 2. The highest BCUT2D eigenvalue weighted by atomic mass is 35.5. The SMILES string of the molecule is Cc1cc(C(=O)N2CCCN(C(=O)Cc3cccc(Cl)c3)CC2)c(C)[nH]1. The Morgan fingerprint density at radius 1 is 1.08 bits per heavy atom. The van der Waals surface area contributed by atoms with E-state index in [1.807, 2.05) is 47.9 Å². The quantitative estimate of drug-likeness (QED) is 0.898. The van der Waals surface area contributed by atoms with Crippen LogP contribution in [0.4, 0.5) is 0 Å². The molecule has 0 bridgehead atoms. The van der Waals surface area contributed by atoms with E-state index < -0.39 is 0 Å². The molecule has 1 aromatic carbocycles. The first-order valence-corrected chi connectivity index (χ1v) is 9.29. The second-order valence-electron chi connectivity index (χ2n) is 6.82. The third-order valence-electron chi connectivity index (χ3n) is 4.76. The number of aromatic nitrogens is 1. The van der Waals surface area contributed by atoms with Crippen LogP contribution in [-0.4, -0.2) is 52.8 Å². The summed E-state index contributed by atoms with van der Waals surface area (Å²) in [5.74, 6) is 0.117. The molecule has 0 unspecified atom stereocenters. The van der Waals surface area contributed by atoms with Crippen LogP contribution in [0.15, 0.2) is 30.3 Å². The average molecular weight is 374 g/mol. The Balaban J connectivity index is 1.61. The lowest BCUT2D eigenvalue weighted by molar-refractivity contribution is -0.130. The summed E-state index contributed by atoms with van der Waals surface area (Å²) in [6.45, 7) is 6.33. The molecule has 5 nitrogen and oxygen atoms in total. The van der Waals surface area contributed by atoms with Gasteiger partial charge in [0.1, 0.15) is 0 Å². The van der Waals surface area contributed by atoms with E-state index in [9.17, 15) is 9.59 Å². The molecule has 1 aliphatic heterocycles. The standard InChI is InChI=1S/C20H24ClN3O2/c1-14-11-18(15(2)22-14)20(26)24-8-4-7-23(9-10-24)19(25)13-16-5-3-6-17(21)12-16/h3,5-6,11-12,22H,4,7-10,13H2,1-2H3. The topological polar surface area (TPSA) is 56.4 Å². The third kappa shape index (κ3) is 4.28. The first-order chi connectivity index (χ1) is 12.4. The number of H-pyrrole nitrogens is 1. The summed E-state index contributed by atoms with van der Waals surface area (Å²) >= 11 is 6.00. The molecule has 2 aromatic rings. The molecule has 2 amide bonds. The fourth-order valence-corrected chi connectivity index (χ4v) is 3.63. The van der Waals surface area contributed by atoms with Crippen molar-refractivity contribution in [1.29, 1.82) is 0 Å². The van der Waals surface area contributed by atoms with Gasteiger partial charge in [0.25, 0.3) is 5.91 Å². The number of aryl methyl sites for hydroxylation is 2. The van der Waals surface area contributed by atoms with E-state index in [2.05, 4.69) is 4.98 Å². The van der Waals surface area contributed by atoms with Crippen molar-refractivity contribution in [1.82, 2.24) is 14.8 Å².